The molecule has 3 fully saturated rings. The van der Waals surface area contributed by atoms with Crippen LogP contribution in [0.1, 0.15) is 53.4 Å². The van der Waals surface area contributed by atoms with Crippen molar-refractivity contribution >= 4 is 40.4 Å². The summed E-state index contributed by atoms with van der Waals surface area (Å²) in [6.07, 6.45) is 4.87. The molecule has 3 aliphatic carbocycles. The van der Waals surface area contributed by atoms with Crippen LogP contribution in [-0.4, -0.2) is 54.9 Å². The molecule has 0 bridgehead atoms. The second kappa shape index (κ2) is 10.7. The van der Waals surface area contributed by atoms with Gasteiger partial charge in [-0.2, -0.15) is 0 Å². The molecule has 0 spiro atoms. The van der Waals surface area contributed by atoms with Crippen LogP contribution < -0.4 is 15.8 Å². The average molecular weight is 522 g/mol. The smallest absolute Gasteiger partial charge is 0.408 e. The van der Waals surface area contributed by atoms with E-state index in [9.17, 15) is 22.8 Å². The van der Waals surface area contributed by atoms with Gasteiger partial charge < -0.3 is 20.5 Å². The standard InChI is InChI=1S/C13H21NO4.C9H14N2O3S.ClH/c1-6-9-8-13(9,10(15)17-7-2)14-11(16)18-12(3,4)5;1-2-6-5-9(6,10)8(12)11-15(13,14)7-3-4-7;/h6,9H,1,7-8H2,2-5H3,(H,14,16);2,6-7H,1,3-5,10H2,(H,11,12);1H. The molecule has 2 amide bonds. The summed E-state index contributed by atoms with van der Waals surface area (Å²) in [5.41, 5.74) is 3.09. The highest BCUT2D eigenvalue weighted by Gasteiger charge is 2.61. The van der Waals surface area contributed by atoms with E-state index in [1.165, 1.54) is 0 Å². The fourth-order valence-electron chi connectivity index (χ4n) is 3.29. The van der Waals surface area contributed by atoms with Crippen LogP contribution in [0.25, 0.3) is 0 Å². The number of sulfonamides is 1. The van der Waals surface area contributed by atoms with Gasteiger partial charge >= 0.3 is 12.1 Å². The van der Waals surface area contributed by atoms with E-state index in [1.54, 1.807) is 39.8 Å². The molecular formula is C22H36ClN3O7S. The first-order valence-corrected chi connectivity index (χ1v) is 12.5. The highest BCUT2D eigenvalue weighted by Crippen LogP contribution is 2.45. The lowest BCUT2D eigenvalue weighted by atomic mass is 10.2. The predicted molar refractivity (Wildman–Crippen MR) is 130 cm³/mol. The van der Waals surface area contributed by atoms with Crippen LogP contribution in [0.15, 0.2) is 25.3 Å². The van der Waals surface area contributed by atoms with E-state index >= 15 is 0 Å². The number of carbonyl (C=O) groups is 3. The number of ether oxygens (including phenoxy) is 2. The van der Waals surface area contributed by atoms with E-state index in [4.69, 9.17) is 15.2 Å². The van der Waals surface area contributed by atoms with E-state index in [0.29, 0.717) is 25.7 Å². The number of esters is 1. The Labute approximate surface area is 207 Å². The summed E-state index contributed by atoms with van der Waals surface area (Å²) >= 11 is 0. The SMILES string of the molecule is C=CC1CC1(N)C(=O)NS(=O)(=O)C1CC1.C=CC1CC1(NC(=O)OC(C)(C)C)C(=O)OCC.Cl. The summed E-state index contributed by atoms with van der Waals surface area (Å²) < 4.78 is 35.1. The molecule has 4 N–H and O–H groups in total. The zero-order valence-corrected chi connectivity index (χ0v) is 21.7. The minimum Gasteiger partial charge on any atom is -0.464 e. The molecule has 0 heterocycles. The number of nitrogens with one attached hydrogen (secondary N) is 2. The van der Waals surface area contributed by atoms with Crippen molar-refractivity contribution in [3.63, 3.8) is 0 Å². The van der Waals surface area contributed by atoms with Crippen LogP contribution in [0.2, 0.25) is 0 Å². The summed E-state index contributed by atoms with van der Waals surface area (Å²) in [4.78, 5) is 35.1. The van der Waals surface area contributed by atoms with Gasteiger partial charge in [-0.1, -0.05) is 12.2 Å². The first kappa shape index (κ1) is 29.9. The minimum absolute atomic E-state index is 0. The van der Waals surface area contributed by atoms with Crippen LogP contribution in [0.5, 0.6) is 0 Å². The molecule has 0 aromatic heterocycles. The van der Waals surface area contributed by atoms with E-state index in [2.05, 4.69) is 18.5 Å². The maximum absolute atomic E-state index is 11.9. The third-order valence-electron chi connectivity index (χ3n) is 5.63. The van der Waals surface area contributed by atoms with Gasteiger partial charge in [0.05, 0.1) is 11.9 Å². The Balaban J connectivity index is 0.000000334. The second-order valence-electron chi connectivity index (χ2n) is 9.63. The third-order valence-corrected chi connectivity index (χ3v) is 7.45. The summed E-state index contributed by atoms with van der Waals surface area (Å²) in [5.74, 6) is -1.23. The Bertz CT molecular complexity index is 929. The molecule has 3 saturated carbocycles. The lowest BCUT2D eigenvalue weighted by Gasteiger charge is -2.23. The summed E-state index contributed by atoms with van der Waals surface area (Å²) in [7, 11) is -3.47. The molecule has 0 aromatic carbocycles. The quantitative estimate of drug-likeness (QED) is 0.323. The number of nitrogens with two attached hydrogens (primary N) is 1. The summed E-state index contributed by atoms with van der Waals surface area (Å²) in [6, 6.07) is 0. The van der Waals surface area contributed by atoms with Crippen molar-refractivity contribution in [3.05, 3.63) is 25.3 Å². The molecule has 12 heteroatoms. The van der Waals surface area contributed by atoms with Crippen molar-refractivity contribution in [2.75, 3.05) is 6.61 Å². The van der Waals surface area contributed by atoms with Crippen molar-refractivity contribution in [3.8, 4) is 0 Å². The lowest BCUT2D eigenvalue weighted by Crippen LogP contribution is -2.47. The van der Waals surface area contributed by atoms with Gasteiger partial charge in [0.25, 0.3) is 5.91 Å². The van der Waals surface area contributed by atoms with Gasteiger partial charge in [-0.3, -0.25) is 9.52 Å². The highest BCUT2D eigenvalue weighted by atomic mass is 35.5. The molecule has 0 aromatic rings. The van der Waals surface area contributed by atoms with Crippen molar-refractivity contribution in [1.82, 2.24) is 10.0 Å². The molecule has 3 rings (SSSR count). The van der Waals surface area contributed by atoms with Crippen LogP contribution >= 0.6 is 12.4 Å². The summed E-state index contributed by atoms with van der Waals surface area (Å²) in [5, 5.41) is 2.21. The Morgan fingerprint density at radius 3 is 2.06 bits per heavy atom. The molecule has 0 aliphatic heterocycles. The van der Waals surface area contributed by atoms with Crippen molar-refractivity contribution in [1.29, 1.82) is 0 Å². The van der Waals surface area contributed by atoms with Gasteiger partial charge in [-0.25, -0.2) is 18.0 Å². The second-order valence-corrected chi connectivity index (χ2v) is 11.6. The van der Waals surface area contributed by atoms with E-state index in [1.807, 2.05) is 4.72 Å². The normalized spacial score (nSPS) is 29.1. The monoisotopic (exact) mass is 521 g/mol. The van der Waals surface area contributed by atoms with Crippen molar-refractivity contribution in [2.45, 2.75) is 75.3 Å². The van der Waals surface area contributed by atoms with E-state index in [-0.39, 0.29) is 30.8 Å². The van der Waals surface area contributed by atoms with E-state index < -0.39 is 49.9 Å². The Hall–Kier alpha value is -2.11. The zero-order valence-electron chi connectivity index (χ0n) is 20.1. The number of carbonyl (C=O) groups excluding carboxylic acids is 3. The topological polar surface area (TPSA) is 154 Å². The average Bonchev–Trinajstić information content (AvgIpc) is 3.56. The maximum Gasteiger partial charge on any atom is 0.408 e. The number of amides is 2. The van der Waals surface area contributed by atoms with E-state index in [0.717, 1.165) is 0 Å². The van der Waals surface area contributed by atoms with Crippen LogP contribution in [0, 0.1) is 11.8 Å². The van der Waals surface area contributed by atoms with Crippen molar-refractivity contribution < 1.29 is 32.3 Å². The van der Waals surface area contributed by atoms with Crippen LogP contribution in [0.4, 0.5) is 4.79 Å². The summed E-state index contributed by atoms with van der Waals surface area (Å²) in [6.45, 7) is 14.5. The number of alkyl carbamates (subject to hydrolysis) is 1. The Morgan fingerprint density at radius 2 is 1.68 bits per heavy atom. The van der Waals surface area contributed by atoms with Gasteiger partial charge in [0.2, 0.25) is 10.0 Å². The van der Waals surface area contributed by atoms with Crippen LogP contribution in [-0.2, 0) is 29.1 Å². The molecule has 10 nitrogen and oxygen atoms in total. The molecule has 4 atom stereocenters. The first-order chi connectivity index (χ1) is 15.1. The molecule has 194 valence electrons. The fraction of sp³-hybridized carbons (Fsp3) is 0.682. The lowest BCUT2D eigenvalue weighted by molar-refractivity contribution is -0.147. The fourth-order valence-corrected chi connectivity index (χ4v) is 4.66. The highest BCUT2D eigenvalue weighted by molar-refractivity contribution is 7.91. The van der Waals surface area contributed by atoms with Gasteiger partial charge in [-0.15, -0.1) is 25.6 Å². The zero-order chi connectivity index (χ0) is 25.2. The van der Waals surface area contributed by atoms with Gasteiger partial charge in [0.15, 0.2) is 0 Å². The number of halogens is 1. The molecule has 0 saturated heterocycles. The van der Waals surface area contributed by atoms with Crippen molar-refractivity contribution in [2.24, 2.45) is 17.6 Å². The molecule has 4 unspecified atom stereocenters. The van der Waals surface area contributed by atoms with Gasteiger partial charge in [0.1, 0.15) is 16.7 Å². The molecule has 3 aliphatic rings. The molecule has 0 radical (unpaired) electrons. The third kappa shape index (κ3) is 7.19. The minimum atomic E-state index is -3.47. The van der Waals surface area contributed by atoms with Crippen LogP contribution in [0.3, 0.4) is 0 Å². The first-order valence-electron chi connectivity index (χ1n) is 10.9. The number of hydrogen-bond donors (Lipinski definition) is 3. The number of hydrogen-bond acceptors (Lipinski definition) is 8. The maximum atomic E-state index is 11.9. The predicted octanol–water partition coefficient (Wildman–Crippen LogP) is 1.94. The van der Waals surface area contributed by atoms with Gasteiger partial charge in [-0.05, 0) is 53.4 Å². The Kier molecular flexibility index (Phi) is 9.38. The number of rotatable bonds is 8. The molecule has 34 heavy (non-hydrogen) atoms. The largest absolute Gasteiger partial charge is 0.464 e. The molecular weight excluding hydrogens is 486 g/mol. The van der Waals surface area contributed by atoms with Gasteiger partial charge in [0, 0.05) is 11.8 Å². The Morgan fingerprint density at radius 1 is 1.12 bits per heavy atom.